The van der Waals surface area contributed by atoms with Crippen LogP contribution in [0, 0.1) is 23.2 Å². The van der Waals surface area contributed by atoms with Gasteiger partial charge in [-0.1, -0.05) is 6.92 Å². The normalized spacial score (nSPS) is 43.6. The maximum Gasteiger partial charge on any atom is 0.308 e. The zero-order chi connectivity index (χ0) is 12.2. The molecule has 5 unspecified atom stereocenters. The number of carbonyl (C=O) groups is 1. The molecular weight excluding hydrogens is 214 g/mol. The fourth-order valence-electron chi connectivity index (χ4n) is 4.01. The lowest BCUT2D eigenvalue weighted by atomic mass is 9.83. The van der Waals surface area contributed by atoms with E-state index in [1.807, 2.05) is 0 Å². The summed E-state index contributed by atoms with van der Waals surface area (Å²) >= 11 is 0. The Bertz CT molecular complexity index is 337. The van der Waals surface area contributed by atoms with Gasteiger partial charge in [-0.3, -0.25) is 4.79 Å². The van der Waals surface area contributed by atoms with Crippen molar-refractivity contribution in [1.82, 2.24) is 5.32 Å². The van der Waals surface area contributed by atoms with Gasteiger partial charge in [-0.2, -0.15) is 0 Å². The van der Waals surface area contributed by atoms with Gasteiger partial charge < -0.3 is 10.4 Å². The van der Waals surface area contributed by atoms with Gasteiger partial charge in [-0.25, -0.2) is 0 Å². The Morgan fingerprint density at radius 2 is 2.00 bits per heavy atom. The molecule has 2 N–H and O–H groups in total. The molecule has 3 fully saturated rings. The summed E-state index contributed by atoms with van der Waals surface area (Å²) in [7, 11) is 0. The summed E-state index contributed by atoms with van der Waals surface area (Å²) < 4.78 is 0. The SMILES string of the molecule is CC(NC1C2CCC(C2)C1C(=O)O)C1(C)CC1. The first-order valence-electron chi connectivity index (χ1n) is 7.00. The van der Waals surface area contributed by atoms with Gasteiger partial charge in [-0.15, -0.1) is 0 Å². The minimum atomic E-state index is -0.581. The number of aliphatic carboxylic acids is 1. The monoisotopic (exact) mass is 237 g/mol. The molecule has 3 nitrogen and oxygen atoms in total. The van der Waals surface area contributed by atoms with Crippen molar-refractivity contribution < 1.29 is 9.90 Å². The van der Waals surface area contributed by atoms with E-state index >= 15 is 0 Å². The summed E-state index contributed by atoms with van der Waals surface area (Å²) in [5.41, 5.74) is 0.435. The van der Waals surface area contributed by atoms with Crippen LogP contribution in [0.2, 0.25) is 0 Å². The predicted octanol–water partition coefficient (Wildman–Crippen LogP) is 2.26. The molecule has 0 aromatic rings. The topological polar surface area (TPSA) is 49.3 Å². The van der Waals surface area contributed by atoms with Gasteiger partial charge in [-0.05, 0) is 56.3 Å². The molecular formula is C14H23NO2. The average molecular weight is 237 g/mol. The van der Waals surface area contributed by atoms with Crippen molar-refractivity contribution in [2.75, 3.05) is 0 Å². The summed E-state index contributed by atoms with van der Waals surface area (Å²) in [5.74, 6) is 0.349. The van der Waals surface area contributed by atoms with E-state index in [4.69, 9.17) is 0 Å². The largest absolute Gasteiger partial charge is 0.481 e. The molecule has 0 aromatic heterocycles. The van der Waals surface area contributed by atoms with E-state index in [2.05, 4.69) is 19.2 Å². The van der Waals surface area contributed by atoms with Crippen LogP contribution in [0.25, 0.3) is 0 Å². The standard InChI is InChI=1S/C14H23NO2/c1-8(14(2)5-6-14)15-12-10-4-3-9(7-10)11(12)13(16)17/h8-12,15H,3-7H2,1-2H3,(H,16,17). The van der Waals surface area contributed by atoms with E-state index in [0.29, 0.717) is 23.3 Å². The van der Waals surface area contributed by atoms with Gasteiger partial charge in [0.05, 0.1) is 5.92 Å². The lowest BCUT2D eigenvalue weighted by Gasteiger charge is -2.33. The average Bonchev–Trinajstić information content (AvgIpc) is 2.76. The van der Waals surface area contributed by atoms with Crippen LogP contribution in [0.5, 0.6) is 0 Å². The second-order valence-electron chi connectivity index (χ2n) is 6.77. The molecule has 0 spiro atoms. The molecule has 0 aromatic carbocycles. The summed E-state index contributed by atoms with van der Waals surface area (Å²) in [6.45, 7) is 4.55. The summed E-state index contributed by atoms with van der Waals surface area (Å²) in [5, 5.41) is 13.1. The molecule has 3 heteroatoms. The Labute approximate surface area is 103 Å². The van der Waals surface area contributed by atoms with Crippen molar-refractivity contribution in [3.63, 3.8) is 0 Å². The van der Waals surface area contributed by atoms with Gasteiger partial charge in [0.1, 0.15) is 0 Å². The molecule has 0 aliphatic heterocycles. The van der Waals surface area contributed by atoms with Crippen LogP contribution < -0.4 is 5.32 Å². The highest BCUT2D eigenvalue weighted by atomic mass is 16.4. The molecule has 0 amide bonds. The second-order valence-corrected chi connectivity index (χ2v) is 6.77. The predicted molar refractivity (Wildman–Crippen MR) is 65.7 cm³/mol. The fraction of sp³-hybridized carbons (Fsp3) is 0.929. The number of rotatable bonds is 4. The highest BCUT2D eigenvalue weighted by Gasteiger charge is 2.53. The number of carboxylic acid groups (broad SMARTS) is 1. The molecule has 3 aliphatic rings. The lowest BCUT2D eigenvalue weighted by Crippen LogP contribution is -2.49. The van der Waals surface area contributed by atoms with E-state index in [1.54, 1.807) is 0 Å². The molecule has 3 rings (SSSR count). The van der Waals surface area contributed by atoms with Gasteiger partial charge in [0, 0.05) is 12.1 Å². The number of nitrogens with one attached hydrogen (secondary N) is 1. The van der Waals surface area contributed by atoms with Crippen molar-refractivity contribution in [2.45, 2.75) is 58.0 Å². The van der Waals surface area contributed by atoms with E-state index in [1.165, 1.54) is 19.3 Å². The van der Waals surface area contributed by atoms with Gasteiger partial charge >= 0.3 is 5.97 Å². The van der Waals surface area contributed by atoms with Crippen molar-refractivity contribution in [1.29, 1.82) is 0 Å². The quantitative estimate of drug-likeness (QED) is 0.788. The van der Waals surface area contributed by atoms with Gasteiger partial charge in [0.15, 0.2) is 0 Å². The van der Waals surface area contributed by atoms with Crippen LogP contribution in [0.3, 0.4) is 0 Å². The third-order valence-corrected chi connectivity index (χ3v) is 5.73. The first-order chi connectivity index (χ1) is 8.01. The van der Waals surface area contributed by atoms with Crippen LogP contribution in [-0.4, -0.2) is 23.2 Å². The molecule has 2 bridgehead atoms. The van der Waals surface area contributed by atoms with Crippen LogP contribution >= 0.6 is 0 Å². The minimum absolute atomic E-state index is 0.126. The highest BCUT2D eigenvalue weighted by molar-refractivity contribution is 5.72. The molecule has 5 atom stereocenters. The summed E-state index contributed by atoms with van der Waals surface area (Å²) in [4.78, 5) is 11.4. The van der Waals surface area contributed by atoms with Crippen LogP contribution in [-0.2, 0) is 4.79 Å². The smallest absolute Gasteiger partial charge is 0.308 e. The van der Waals surface area contributed by atoms with Crippen molar-refractivity contribution in [3.8, 4) is 0 Å². The van der Waals surface area contributed by atoms with E-state index in [-0.39, 0.29) is 12.0 Å². The molecule has 0 heterocycles. The van der Waals surface area contributed by atoms with Gasteiger partial charge in [0.25, 0.3) is 0 Å². The zero-order valence-corrected chi connectivity index (χ0v) is 10.8. The fourth-order valence-corrected chi connectivity index (χ4v) is 4.01. The highest BCUT2D eigenvalue weighted by Crippen LogP contribution is 2.52. The third kappa shape index (κ3) is 1.79. The van der Waals surface area contributed by atoms with E-state index < -0.39 is 5.97 Å². The number of carboxylic acids is 1. The maximum absolute atomic E-state index is 11.4. The maximum atomic E-state index is 11.4. The molecule has 17 heavy (non-hydrogen) atoms. The summed E-state index contributed by atoms with van der Waals surface area (Å²) in [6, 6.07) is 0.701. The van der Waals surface area contributed by atoms with E-state index in [9.17, 15) is 9.90 Å². The Balaban J connectivity index is 1.71. The Kier molecular flexibility index (Phi) is 2.51. The number of hydrogen-bond acceptors (Lipinski definition) is 2. The van der Waals surface area contributed by atoms with E-state index in [0.717, 1.165) is 12.8 Å². The van der Waals surface area contributed by atoms with Crippen LogP contribution in [0.4, 0.5) is 0 Å². The zero-order valence-electron chi connectivity index (χ0n) is 10.8. The van der Waals surface area contributed by atoms with Crippen LogP contribution in [0.15, 0.2) is 0 Å². The minimum Gasteiger partial charge on any atom is -0.481 e. The molecule has 0 saturated heterocycles. The molecule has 3 saturated carbocycles. The first-order valence-corrected chi connectivity index (χ1v) is 7.00. The molecule has 3 aliphatic carbocycles. The first kappa shape index (κ1) is 11.5. The van der Waals surface area contributed by atoms with Crippen LogP contribution in [0.1, 0.15) is 46.0 Å². The third-order valence-electron chi connectivity index (χ3n) is 5.73. The van der Waals surface area contributed by atoms with Crippen molar-refractivity contribution in [2.24, 2.45) is 23.2 Å². The molecule has 0 radical (unpaired) electrons. The Morgan fingerprint density at radius 3 is 2.59 bits per heavy atom. The van der Waals surface area contributed by atoms with Crippen molar-refractivity contribution >= 4 is 5.97 Å². The number of hydrogen-bond donors (Lipinski definition) is 2. The second kappa shape index (κ2) is 3.71. The van der Waals surface area contributed by atoms with Crippen molar-refractivity contribution in [3.05, 3.63) is 0 Å². The number of fused-ring (bicyclic) bond motifs is 2. The Hall–Kier alpha value is -0.570. The Morgan fingerprint density at radius 1 is 1.35 bits per heavy atom. The molecule has 96 valence electrons. The lowest BCUT2D eigenvalue weighted by molar-refractivity contribution is -0.144. The van der Waals surface area contributed by atoms with Gasteiger partial charge in [0.2, 0.25) is 0 Å². The summed E-state index contributed by atoms with van der Waals surface area (Å²) in [6.07, 6.45) is 6.08.